The third-order valence-corrected chi connectivity index (χ3v) is 15.0. The van der Waals surface area contributed by atoms with Crippen LogP contribution in [0.5, 0.6) is 0 Å². The van der Waals surface area contributed by atoms with Crippen molar-refractivity contribution in [1.29, 1.82) is 0 Å². The van der Waals surface area contributed by atoms with Crippen molar-refractivity contribution in [3.8, 4) is 0 Å². The summed E-state index contributed by atoms with van der Waals surface area (Å²) in [7, 11) is 5.89. The minimum absolute atomic E-state index is 0.125. The highest BCUT2D eigenvalue weighted by Crippen LogP contribution is 2.35. The molecule has 0 spiro atoms. The number of fused-ring (bicyclic) bond motifs is 6. The molecule has 0 atom stereocenters. The Kier molecular flexibility index (Phi) is 18.7. The summed E-state index contributed by atoms with van der Waals surface area (Å²) in [5.41, 5.74) is 7.44. The molecular weight excluding hydrogens is 1340 g/mol. The molecule has 0 saturated heterocycles. The van der Waals surface area contributed by atoms with E-state index in [-0.39, 0.29) is 10.6 Å². The summed E-state index contributed by atoms with van der Waals surface area (Å²) >= 11 is 52.0. The van der Waals surface area contributed by atoms with Crippen molar-refractivity contribution in [1.82, 2.24) is 39.5 Å². The quantitative estimate of drug-likeness (QED) is 0.0757. The van der Waals surface area contributed by atoms with Crippen LogP contribution < -0.4 is 20.5 Å². The SMILES string of the molecule is CN(C1=N/C(=N\N)Cc2cc(Cl)ccc21)c1cccc(Br)c1.CN(c1cccc(Br)c1)c1nc(Cl)nc2cc(Cl)ccc12.CN(c1cccc(Br)c1)c1nc2nncn2c2cc(Cl)ccc12.Clc1ccc2c(Cl)nc(Cl)nc2c1. The van der Waals surface area contributed by atoms with Crippen LogP contribution in [0.15, 0.2) is 175 Å². The molecule has 14 nitrogen and oxygen atoms in total. The second-order valence-corrected chi connectivity index (χ2v) is 22.6. The van der Waals surface area contributed by atoms with E-state index >= 15 is 0 Å². The molecule has 2 N–H and O–H groups in total. The third-order valence-electron chi connectivity index (χ3n) is 12.0. The van der Waals surface area contributed by atoms with Crippen molar-refractivity contribution >= 4 is 208 Å². The summed E-state index contributed by atoms with van der Waals surface area (Å²) in [5.74, 6) is 8.92. The fourth-order valence-corrected chi connectivity index (χ4v) is 10.7. The molecule has 24 heteroatoms. The number of hydrogen-bond donors (Lipinski definition) is 1. The van der Waals surface area contributed by atoms with Crippen LogP contribution in [0, 0.1) is 0 Å². The fraction of sp³-hybridized carbons (Fsp3) is 0.0727. The summed E-state index contributed by atoms with van der Waals surface area (Å²) in [6, 6.07) is 46.2. The van der Waals surface area contributed by atoms with Crippen LogP contribution >= 0.6 is 129 Å². The highest BCUT2D eigenvalue weighted by molar-refractivity contribution is 9.11. The van der Waals surface area contributed by atoms with E-state index in [4.69, 9.17) is 87.0 Å². The number of rotatable bonds is 5. The molecule has 398 valence electrons. The lowest BCUT2D eigenvalue weighted by Crippen LogP contribution is -2.32. The summed E-state index contributed by atoms with van der Waals surface area (Å²) in [6.07, 6.45) is 2.23. The molecule has 7 aromatic carbocycles. The van der Waals surface area contributed by atoms with Gasteiger partial charge in [0, 0.05) is 99.9 Å². The highest BCUT2D eigenvalue weighted by Gasteiger charge is 2.23. The molecule has 4 aromatic heterocycles. The molecule has 12 rings (SSSR count). The molecule has 0 amide bonds. The van der Waals surface area contributed by atoms with Gasteiger partial charge in [0.25, 0.3) is 5.78 Å². The first kappa shape index (κ1) is 57.7. The predicted molar refractivity (Wildman–Crippen MR) is 338 cm³/mol. The standard InChI is InChI=1S/C16H11BrClN5.C16H14BrClN4.C15H10BrCl2N3.C8H3Cl3N2/c1-22(12-4-2-3-10(17)7-12)15-13-6-5-11(18)8-14(13)23-9-19-21-16(23)20-15;1-22(13-4-2-3-11(17)9-13)16-14-6-5-12(18)7-10(14)8-15(20-16)21-19;1-21(11-4-2-3-9(16)7-11)14-12-6-5-10(17)8-13(12)19-15(18)20-14;9-4-1-2-5-6(3-4)12-8(11)13-7(5)10/h2-9H,1H3;2-7,9H,8,19H2,1H3;2-8H,1H3;1-3H/b;21-15-;;. The van der Waals surface area contributed by atoms with Crippen molar-refractivity contribution in [2.75, 3.05) is 35.8 Å². The van der Waals surface area contributed by atoms with E-state index in [2.05, 4.69) is 93.0 Å². The molecular formula is C55H38Br3Cl7N14. The first-order chi connectivity index (χ1) is 37.9. The van der Waals surface area contributed by atoms with Gasteiger partial charge in [-0.2, -0.15) is 15.1 Å². The van der Waals surface area contributed by atoms with Gasteiger partial charge in [-0.05, 0) is 156 Å². The number of aliphatic imine (C=N–C) groups is 1. The predicted octanol–water partition coefficient (Wildman–Crippen LogP) is 17.3. The van der Waals surface area contributed by atoms with Crippen LogP contribution in [-0.2, 0) is 6.42 Å². The molecule has 0 radical (unpaired) electrons. The summed E-state index contributed by atoms with van der Waals surface area (Å²) in [5, 5.41) is 17.6. The van der Waals surface area contributed by atoms with Crippen LogP contribution in [0.3, 0.4) is 0 Å². The van der Waals surface area contributed by atoms with Crippen LogP contribution in [-0.4, -0.2) is 72.3 Å². The number of nitrogens with zero attached hydrogens (tertiary/aromatic N) is 13. The van der Waals surface area contributed by atoms with Crippen molar-refractivity contribution in [2.45, 2.75) is 6.42 Å². The highest BCUT2D eigenvalue weighted by atomic mass is 79.9. The Morgan fingerprint density at radius 2 is 1.01 bits per heavy atom. The van der Waals surface area contributed by atoms with E-state index in [0.29, 0.717) is 48.8 Å². The van der Waals surface area contributed by atoms with E-state index < -0.39 is 0 Å². The van der Waals surface area contributed by atoms with Crippen molar-refractivity contribution in [3.63, 3.8) is 0 Å². The van der Waals surface area contributed by atoms with Gasteiger partial charge < -0.3 is 20.5 Å². The van der Waals surface area contributed by atoms with Gasteiger partial charge in [-0.15, -0.1) is 10.2 Å². The topological polar surface area (TPSA) is 155 Å². The maximum absolute atomic E-state index is 6.16. The lowest BCUT2D eigenvalue weighted by Gasteiger charge is -2.26. The largest absolute Gasteiger partial charge is 0.329 e. The van der Waals surface area contributed by atoms with Crippen molar-refractivity contribution in [2.24, 2.45) is 15.9 Å². The van der Waals surface area contributed by atoms with Gasteiger partial charge in [0.2, 0.25) is 10.6 Å². The molecule has 0 bridgehead atoms. The summed E-state index contributed by atoms with van der Waals surface area (Å²) < 4.78 is 4.86. The molecule has 5 heterocycles. The van der Waals surface area contributed by atoms with Crippen LogP contribution in [0.2, 0.25) is 35.8 Å². The van der Waals surface area contributed by atoms with E-state index in [1.807, 2.05) is 162 Å². The smallest absolute Gasteiger partial charge is 0.257 e. The van der Waals surface area contributed by atoms with Gasteiger partial charge in [-0.3, -0.25) is 4.40 Å². The zero-order valence-electron chi connectivity index (χ0n) is 41.3. The Morgan fingerprint density at radius 3 is 1.59 bits per heavy atom. The van der Waals surface area contributed by atoms with Gasteiger partial charge in [0.1, 0.15) is 29.0 Å². The van der Waals surface area contributed by atoms with Gasteiger partial charge in [0.15, 0.2) is 5.84 Å². The molecule has 0 fully saturated rings. The van der Waals surface area contributed by atoms with E-state index in [0.717, 1.165) is 86.3 Å². The van der Waals surface area contributed by atoms with Gasteiger partial charge in [0.05, 0.1) is 16.6 Å². The third kappa shape index (κ3) is 13.8. The summed E-state index contributed by atoms with van der Waals surface area (Å²) in [6.45, 7) is 0. The van der Waals surface area contributed by atoms with E-state index in [1.165, 1.54) is 0 Å². The number of anilines is 5. The first-order valence-corrected chi connectivity index (χ1v) is 28.3. The summed E-state index contributed by atoms with van der Waals surface area (Å²) in [4.78, 5) is 31.6. The number of amidine groups is 2. The molecule has 79 heavy (non-hydrogen) atoms. The molecule has 11 aromatic rings. The van der Waals surface area contributed by atoms with Gasteiger partial charge in [-0.1, -0.05) is 124 Å². The average Bonchev–Trinajstić information content (AvgIpc) is 3.93. The van der Waals surface area contributed by atoms with E-state index in [1.54, 1.807) is 30.6 Å². The van der Waals surface area contributed by atoms with Crippen LogP contribution in [0.25, 0.3) is 38.5 Å². The zero-order valence-corrected chi connectivity index (χ0v) is 51.4. The monoisotopic (exact) mass is 1380 g/mol. The molecule has 0 saturated carbocycles. The second kappa shape index (κ2) is 25.7. The number of halogens is 10. The van der Waals surface area contributed by atoms with Crippen molar-refractivity contribution in [3.05, 3.63) is 212 Å². The van der Waals surface area contributed by atoms with Crippen LogP contribution in [0.4, 0.5) is 28.7 Å². The van der Waals surface area contributed by atoms with Gasteiger partial charge in [-0.25, -0.2) is 19.9 Å². The number of hydrogen-bond acceptors (Lipinski definition) is 12. The number of aromatic nitrogens is 8. The van der Waals surface area contributed by atoms with Gasteiger partial charge >= 0.3 is 0 Å². The minimum Gasteiger partial charge on any atom is -0.329 e. The molecule has 1 aliphatic rings. The lowest BCUT2D eigenvalue weighted by molar-refractivity contribution is 1.08. The first-order valence-electron chi connectivity index (χ1n) is 23.2. The fourth-order valence-electron chi connectivity index (χ4n) is 8.20. The Bertz CT molecular complexity index is 4140. The second-order valence-electron chi connectivity index (χ2n) is 17.1. The number of hydrazone groups is 1. The molecule has 0 aliphatic carbocycles. The molecule has 1 aliphatic heterocycles. The average molecular weight is 1380 g/mol. The Labute approximate surface area is 513 Å². The maximum Gasteiger partial charge on any atom is 0.257 e. The number of benzene rings is 7. The van der Waals surface area contributed by atoms with Crippen LogP contribution in [0.1, 0.15) is 11.1 Å². The Hall–Kier alpha value is -5.96. The number of nitrogens with two attached hydrogens (primary N) is 1. The van der Waals surface area contributed by atoms with E-state index in [9.17, 15) is 0 Å². The Morgan fingerprint density at radius 1 is 0.519 bits per heavy atom. The normalized spacial score (nSPS) is 12.2. The molecule has 0 unspecified atom stereocenters. The Balaban J connectivity index is 0.000000130. The maximum atomic E-state index is 6.16. The zero-order chi connectivity index (χ0) is 56.1. The minimum atomic E-state index is 0.125. The van der Waals surface area contributed by atoms with Crippen molar-refractivity contribution < 1.29 is 0 Å². The lowest BCUT2D eigenvalue weighted by atomic mass is 9.99.